The topological polar surface area (TPSA) is 124 Å². The summed E-state index contributed by atoms with van der Waals surface area (Å²) in [5.41, 5.74) is -1.58. The number of phenols is 1. The largest absolute Gasteiger partial charge is 0.573 e. The first-order chi connectivity index (χ1) is 19.6. The van der Waals surface area contributed by atoms with Crippen LogP contribution in [0.5, 0.6) is 11.5 Å². The number of hydrogen-bond acceptors (Lipinski definition) is 7. The Bertz CT molecular complexity index is 1610. The first-order valence-corrected chi connectivity index (χ1v) is 13.2. The summed E-state index contributed by atoms with van der Waals surface area (Å²) in [6.07, 6.45) is -3.66. The number of imide groups is 2. The lowest BCUT2D eigenvalue weighted by Crippen LogP contribution is -2.48. The molecule has 0 radical (unpaired) electrons. The Hall–Kier alpha value is -3.97. The van der Waals surface area contributed by atoms with E-state index in [1.165, 1.54) is 13.0 Å². The summed E-state index contributed by atoms with van der Waals surface area (Å²) in [7, 11) is 0. The Morgan fingerprint density at radius 1 is 1.02 bits per heavy atom. The molecule has 14 heteroatoms. The number of aromatic hydroxyl groups is 1. The molecule has 2 N–H and O–H groups in total. The van der Waals surface area contributed by atoms with E-state index in [0.29, 0.717) is 5.57 Å². The number of anilines is 1. The highest BCUT2D eigenvalue weighted by Crippen LogP contribution is 2.64. The minimum atomic E-state index is -5.08. The van der Waals surface area contributed by atoms with Crippen LogP contribution in [-0.2, 0) is 19.2 Å². The quantitative estimate of drug-likeness (QED) is 0.224. The van der Waals surface area contributed by atoms with Crippen molar-refractivity contribution in [3.63, 3.8) is 0 Å². The predicted molar refractivity (Wildman–Crippen MR) is 134 cm³/mol. The molecule has 1 saturated carbocycles. The third-order valence-corrected chi connectivity index (χ3v) is 9.25. The van der Waals surface area contributed by atoms with E-state index in [1.54, 1.807) is 6.08 Å². The third kappa shape index (κ3) is 3.93. The molecule has 220 valence electrons. The lowest BCUT2D eigenvalue weighted by molar-refractivity contribution is -0.274. The molecule has 2 aliphatic carbocycles. The van der Waals surface area contributed by atoms with Gasteiger partial charge in [-0.3, -0.25) is 24.4 Å². The van der Waals surface area contributed by atoms with Crippen LogP contribution in [0.1, 0.15) is 31.2 Å². The van der Waals surface area contributed by atoms with E-state index in [9.17, 15) is 47.1 Å². The van der Waals surface area contributed by atoms with Crippen LogP contribution in [0.2, 0.25) is 5.02 Å². The van der Waals surface area contributed by atoms with Crippen molar-refractivity contribution in [2.45, 2.75) is 32.0 Å². The maximum atomic E-state index is 14.2. The Morgan fingerprint density at radius 3 is 2.40 bits per heavy atom. The van der Waals surface area contributed by atoms with Crippen LogP contribution in [-0.4, -0.2) is 45.4 Å². The second-order valence-electron chi connectivity index (χ2n) is 11.0. The number of carbonyl (C=O) groups excluding carboxylic acids is 4. The molecular weight excluding hydrogens is 588 g/mol. The molecule has 2 heterocycles. The van der Waals surface area contributed by atoms with Gasteiger partial charge in [-0.15, -0.1) is 13.2 Å². The van der Waals surface area contributed by atoms with E-state index in [4.69, 9.17) is 11.6 Å². The molecule has 9 nitrogen and oxygen atoms in total. The normalized spacial score (nSPS) is 30.7. The summed E-state index contributed by atoms with van der Waals surface area (Å²) in [6, 6.07) is 5.99. The predicted octanol–water partition coefficient (Wildman–Crippen LogP) is 4.70. The molecule has 2 aromatic rings. The molecular formula is C28H21ClF4N2O7. The molecule has 4 aliphatic rings. The number of fused-ring (bicyclic) bond motifs is 4. The summed E-state index contributed by atoms with van der Waals surface area (Å²) in [4.78, 5) is 54.6. The SMILES string of the molecule is C[C@@]12C(=O)N(c3ccc(F)c(Cl)c3)C(=O)[C@@H]1C[C@@H]1C(=CC[C@@H]3C(=O)N(O)C(=O)[C@@H]31)[C@@H]2c1cc(OC(F)(F)F)ccc1O. The highest BCUT2D eigenvalue weighted by molar-refractivity contribution is 6.31. The van der Waals surface area contributed by atoms with Crippen molar-refractivity contribution in [1.29, 1.82) is 0 Å². The Balaban J connectivity index is 1.55. The zero-order valence-corrected chi connectivity index (χ0v) is 22.3. The summed E-state index contributed by atoms with van der Waals surface area (Å²) in [5, 5.41) is 20.7. The van der Waals surface area contributed by atoms with Crippen LogP contribution in [0.4, 0.5) is 23.2 Å². The van der Waals surface area contributed by atoms with Crippen molar-refractivity contribution in [3.8, 4) is 11.5 Å². The van der Waals surface area contributed by atoms with Crippen molar-refractivity contribution in [3.05, 3.63) is 64.5 Å². The number of allylic oxidation sites excluding steroid dienone is 2. The van der Waals surface area contributed by atoms with E-state index in [1.807, 2.05) is 0 Å². The third-order valence-electron chi connectivity index (χ3n) is 8.96. The van der Waals surface area contributed by atoms with Gasteiger partial charge >= 0.3 is 6.36 Å². The van der Waals surface area contributed by atoms with Gasteiger partial charge in [0.05, 0.1) is 33.9 Å². The number of amides is 4. The van der Waals surface area contributed by atoms with Crippen LogP contribution >= 0.6 is 11.6 Å². The van der Waals surface area contributed by atoms with Crippen LogP contribution < -0.4 is 9.64 Å². The summed E-state index contributed by atoms with van der Waals surface area (Å²) >= 11 is 5.92. The standard InChI is InChI=1S/C28H21ClF4N2O7/c1-27-17(24(38)34(26(27)40)11-2-6-19(30)18(29)8-11)10-15-13(4-5-14-21(15)25(39)35(41)23(14)37)22(27)16-9-12(3-7-20(16)36)42-28(31,32)33/h2-4,6-9,14-15,17,21-22,36,41H,5,10H2,1H3/t14-,15+,17-,21-,22+,27+/m0/s1. The van der Waals surface area contributed by atoms with Gasteiger partial charge in [0.25, 0.3) is 11.8 Å². The Kier molecular flexibility index (Phi) is 6.21. The average Bonchev–Trinajstić information content (AvgIpc) is 3.26. The van der Waals surface area contributed by atoms with Gasteiger partial charge in [0.15, 0.2) is 0 Å². The van der Waals surface area contributed by atoms with Gasteiger partial charge in [0.1, 0.15) is 17.3 Å². The fourth-order valence-electron chi connectivity index (χ4n) is 7.17. The fourth-order valence-corrected chi connectivity index (χ4v) is 7.35. The monoisotopic (exact) mass is 608 g/mol. The van der Waals surface area contributed by atoms with E-state index in [2.05, 4.69) is 4.74 Å². The number of nitrogens with zero attached hydrogens (tertiary/aromatic N) is 2. The number of ether oxygens (including phenoxy) is 1. The molecule has 0 bridgehead atoms. The smallest absolute Gasteiger partial charge is 0.508 e. The molecule has 6 atom stereocenters. The zero-order valence-electron chi connectivity index (χ0n) is 21.6. The lowest BCUT2D eigenvalue weighted by atomic mass is 9.51. The van der Waals surface area contributed by atoms with Crippen LogP contribution in [0.3, 0.4) is 0 Å². The maximum absolute atomic E-state index is 14.2. The Labute approximate surface area is 239 Å². The molecule has 0 aromatic heterocycles. The van der Waals surface area contributed by atoms with Gasteiger partial charge in [0, 0.05) is 11.5 Å². The van der Waals surface area contributed by atoms with E-state index < -0.39 is 82.3 Å². The highest BCUT2D eigenvalue weighted by Gasteiger charge is 2.68. The Morgan fingerprint density at radius 2 is 1.74 bits per heavy atom. The van der Waals surface area contributed by atoms with Gasteiger partial charge in [0.2, 0.25) is 11.8 Å². The van der Waals surface area contributed by atoms with Crippen molar-refractivity contribution in [2.24, 2.45) is 29.1 Å². The van der Waals surface area contributed by atoms with Crippen LogP contribution in [0.15, 0.2) is 48.0 Å². The van der Waals surface area contributed by atoms with Crippen molar-refractivity contribution in [1.82, 2.24) is 5.06 Å². The van der Waals surface area contributed by atoms with Crippen molar-refractivity contribution >= 4 is 40.9 Å². The minimum Gasteiger partial charge on any atom is -0.508 e. The van der Waals surface area contributed by atoms with Gasteiger partial charge in [-0.25, -0.2) is 9.29 Å². The lowest BCUT2D eigenvalue weighted by Gasteiger charge is -2.49. The first kappa shape index (κ1) is 28.2. The number of carbonyl (C=O) groups is 4. The molecule has 42 heavy (non-hydrogen) atoms. The summed E-state index contributed by atoms with van der Waals surface area (Å²) < 4.78 is 57.3. The second kappa shape index (κ2) is 9.27. The molecule has 3 fully saturated rings. The summed E-state index contributed by atoms with van der Waals surface area (Å²) in [5.74, 6) is -10.6. The molecule has 2 aromatic carbocycles. The number of rotatable bonds is 3. The average molecular weight is 609 g/mol. The second-order valence-corrected chi connectivity index (χ2v) is 11.4. The van der Waals surface area contributed by atoms with E-state index >= 15 is 0 Å². The van der Waals surface area contributed by atoms with Crippen LogP contribution in [0.25, 0.3) is 0 Å². The highest BCUT2D eigenvalue weighted by atomic mass is 35.5. The maximum Gasteiger partial charge on any atom is 0.573 e. The number of hydroxylamine groups is 2. The van der Waals surface area contributed by atoms with Crippen molar-refractivity contribution < 1.29 is 51.8 Å². The van der Waals surface area contributed by atoms with E-state index in [-0.39, 0.29) is 34.2 Å². The molecule has 6 rings (SSSR count). The first-order valence-electron chi connectivity index (χ1n) is 12.8. The minimum absolute atomic E-state index is 0.0264. The molecule has 4 amide bonds. The number of hydrogen-bond donors (Lipinski definition) is 2. The number of phenolic OH excluding ortho intramolecular Hbond substituents is 1. The molecule has 2 aliphatic heterocycles. The van der Waals surface area contributed by atoms with E-state index in [0.717, 1.165) is 35.2 Å². The van der Waals surface area contributed by atoms with Crippen molar-refractivity contribution in [2.75, 3.05) is 4.90 Å². The van der Waals surface area contributed by atoms with Gasteiger partial charge < -0.3 is 9.84 Å². The fraction of sp³-hybridized carbons (Fsp3) is 0.357. The van der Waals surface area contributed by atoms with Gasteiger partial charge in [-0.1, -0.05) is 23.3 Å². The number of halogens is 5. The zero-order chi connectivity index (χ0) is 30.5. The van der Waals surface area contributed by atoms with Gasteiger partial charge in [-0.05, 0) is 62.1 Å². The van der Waals surface area contributed by atoms with Gasteiger partial charge in [-0.2, -0.15) is 5.06 Å². The number of benzene rings is 2. The molecule has 0 spiro atoms. The van der Waals surface area contributed by atoms with Crippen LogP contribution in [0, 0.1) is 34.9 Å². The molecule has 2 saturated heterocycles. The number of alkyl halides is 3. The summed E-state index contributed by atoms with van der Waals surface area (Å²) in [6.45, 7) is 1.44. The molecule has 0 unspecified atom stereocenters.